The Bertz CT molecular complexity index is 506. The van der Waals surface area contributed by atoms with Crippen molar-refractivity contribution in [2.24, 2.45) is 17.3 Å². The molecule has 4 atom stereocenters. The standard InChI is InChI=1S/C18H23F/c1-18-9-2-3-17(18)15-7-5-12-4-6-13(19)11-16(12)14(15)8-10-18/h4,6,11,14-15,17H,2-3,5,7-10H2,1H3/t14-,15+,17-,18-/m0/s1. The van der Waals surface area contributed by atoms with Crippen LogP contribution in [0.25, 0.3) is 0 Å². The second-order valence-electron chi connectivity index (χ2n) is 7.34. The molecule has 0 unspecified atom stereocenters. The number of fused-ring (bicyclic) bond motifs is 5. The van der Waals surface area contributed by atoms with E-state index in [1.54, 1.807) is 6.07 Å². The normalized spacial score (nSPS) is 40.4. The lowest BCUT2D eigenvalue weighted by Gasteiger charge is -2.49. The van der Waals surface area contributed by atoms with Gasteiger partial charge in [-0.25, -0.2) is 4.39 Å². The molecule has 0 nitrogen and oxygen atoms in total. The van der Waals surface area contributed by atoms with E-state index in [1.165, 1.54) is 56.1 Å². The van der Waals surface area contributed by atoms with Gasteiger partial charge in [0.2, 0.25) is 0 Å². The Kier molecular flexibility index (Phi) is 2.56. The molecule has 19 heavy (non-hydrogen) atoms. The van der Waals surface area contributed by atoms with Gasteiger partial charge in [0.05, 0.1) is 0 Å². The highest BCUT2D eigenvalue weighted by Gasteiger charge is 2.50. The van der Waals surface area contributed by atoms with E-state index in [-0.39, 0.29) is 5.82 Å². The zero-order chi connectivity index (χ0) is 13.0. The predicted octanol–water partition coefficient (Wildman–Crippen LogP) is 5.07. The van der Waals surface area contributed by atoms with E-state index in [0.717, 1.165) is 11.8 Å². The molecule has 2 saturated carbocycles. The Morgan fingerprint density at radius 2 is 2.05 bits per heavy atom. The molecule has 0 heterocycles. The molecule has 0 saturated heterocycles. The summed E-state index contributed by atoms with van der Waals surface area (Å²) in [7, 11) is 0. The van der Waals surface area contributed by atoms with Gasteiger partial charge in [-0.1, -0.05) is 19.4 Å². The topological polar surface area (TPSA) is 0 Å². The molecule has 1 aromatic carbocycles. The maximum Gasteiger partial charge on any atom is 0.123 e. The largest absolute Gasteiger partial charge is 0.207 e. The van der Waals surface area contributed by atoms with Crippen LogP contribution < -0.4 is 0 Å². The van der Waals surface area contributed by atoms with E-state index in [1.807, 2.05) is 12.1 Å². The monoisotopic (exact) mass is 258 g/mol. The first-order valence-electron chi connectivity index (χ1n) is 7.96. The smallest absolute Gasteiger partial charge is 0.123 e. The SMILES string of the molecule is C[C@@]12CCC[C@H]1[C@@H]1CCc3ccc(F)cc3[C@H]1CC2. The summed E-state index contributed by atoms with van der Waals surface area (Å²) in [6, 6.07) is 5.51. The fourth-order valence-corrected chi connectivity index (χ4v) is 5.53. The third-order valence-corrected chi connectivity index (χ3v) is 6.47. The van der Waals surface area contributed by atoms with Crippen LogP contribution >= 0.6 is 0 Å². The van der Waals surface area contributed by atoms with Crippen LogP contribution in [0.15, 0.2) is 18.2 Å². The molecule has 102 valence electrons. The first-order valence-corrected chi connectivity index (χ1v) is 7.96. The molecule has 0 spiro atoms. The minimum Gasteiger partial charge on any atom is -0.207 e. The number of rotatable bonds is 0. The van der Waals surface area contributed by atoms with E-state index >= 15 is 0 Å². The number of halogens is 1. The molecule has 4 rings (SSSR count). The Morgan fingerprint density at radius 1 is 1.16 bits per heavy atom. The van der Waals surface area contributed by atoms with Crippen molar-refractivity contribution < 1.29 is 4.39 Å². The molecular weight excluding hydrogens is 235 g/mol. The molecule has 3 aliphatic carbocycles. The number of benzene rings is 1. The van der Waals surface area contributed by atoms with Crippen molar-refractivity contribution in [3.8, 4) is 0 Å². The van der Waals surface area contributed by atoms with E-state index < -0.39 is 0 Å². The summed E-state index contributed by atoms with van der Waals surface area (Å²) >= 11 is 0. The van der Waals surface area contributed by atoms with E-state index in [4.69, 9.17) is 0 Å². The lowest BCUT2D eigenvalue weighted by atomic mass is 9.56. The van der Waals surface area contributed by atoms with Gasteiger partial charge >= 0.3 is 0 Å². The summed E-state index contributed by atoms with van der Waals surface area (Å²) in [6.07, 6.45) is 9.41. The minimum atomic E-state index is -0.0424. The highest BCUT2D eigenvalue weighted by molar-refractivity contribution is 5.35. The van der Waals surface area contributed by atoms with Crippen molar-refractivity contribution in [3.63, 3.8) is 0 Å². The van der Waals surface area contributed by atoms with Crippen molar-refractivity contribution in [3.05, 3.63) is 35.1 Å². The van der Waals surface area contributed by atoms with Crippen molar-refractivity contribution >= 4 is 0 Å². The highest BCUT2D eigenvalue weighted by Crippen LogP contribution is 2.60. The van der Waals surface area contributed by atoms with Gasteiger partial charge in [-0.15, -0.1) is 0 Å². The van der Waals surface area contributed by atoms with Gasteiger partial charge in [-0.05, 0) is 85.0 Å². The fraction of sp³-hybridized carbons (Fsp3) is 0.667. The molecule has 0 amide bonds. The molecule has 3 aliphatic rings. The van der Waals surface area contributed by atoms with Gasteiger partial charge in [-0.3, -0.25) is 0 Å². The van der Waals surface area contributed by atoms with E-state index in [0.29, 0.717) is 11.3 Å². The first kappa shape index (κ1) is 11.9. The molecular formula is C18H23F. The predicted molar refractivity (Wildman–Crippen MR) is 75.6 cm³/mol. The number of hydrogen-bond acceptors (Lipinski definition) is 0. The molecule has 2 fully saturated rings. The van der Waals surface area contributed by atoms with E-state index in [2.05, 4.69) is 6.92 Å². The second kappa shape index (κ2) is 4.07. The lowest BCUT2D eigenvalue weighted by Crippen LogP contribution is -2.39. The molecule has 0 aliphatic heterocycles. The molecule has 0 N–H and O–H groups in total. The summed E-state index contributed by atoms with van der Waals surface area (Å²) in [5.74, 6) is 2.34. The van der Waals surface area contributed by atoms with Crippen LogP contribution in [0.1, 0.15) is 62.5 Å². The van der Waals surface area contributed by atoms with Crippen LogP contribution in [-0.2, 0) is 6.42 Å². The maximum atomic E-state index is 13.6. The molecule has 0 bridgehead atoms. The third kappa shape index (κ3) is 1.70. The average Bonchev–Trinajstić information content (AvgIpc) is 2.80. The maximum absolute atomic E-state index is 13.6. The second-order valence-corrected chi connectivity index (χ2v) is 7.34. The molecule has 1 heteroatoms. The van der Waals surface area contributed by atoms with Crippen LogP contribution in [0.3, 0.4) is 0 Å². The van der Waals surface area contributed by atoms with Gasteiger partial charge < -0.3 is 0 Å². The Balaban J connectivity index is 1.73. The lowest BCUT2D eigenvalue weighted by molar-refractivity contribution is 0.0597. The zero-order valence-corrected chi connectivity index (χ0v) is 11.8. The summed E-state index contributed by atoms with van der Waals surface area (Å²) in [4.78, 5) is 0. The Morgan fingerprint density at radius 3 is 2.95 bits per heavy atom. The van der Waals surface area contributed by atoms with Gasteiger partial charge in [0.1, 0.15) is 5.82 Å². The van der Waals surface area contributed by atoms with Gasteiger partial charge in [0, 0.05) is 0 Å². The number of aryl methyl sites for hydroxylation is 1. The van der Waals surface area contributed by atoms with Crippen LogP contribution in [0.2, 0.25) is 0 Å². The zero-order valence-electron chi connectivity index (χ0n) is 11.8. The van der Waals surface area contributed by atoms with Gasteiger partial charge in [-0.2, -0.15) is 0 Å². The van der Waals surface area contributed by atoms with Crippen molar-refractivity contribution in [1.82, 2.24) is 0 Å². The Labute approximate surface area is 115 Å². The van der Waals surface area contributed by atoms with Crippen molar-refractivity contribution in [1.29, 1.82) is 0 Å². The molecule has 1 aromatic rings. The quantitative estimate of drug-likeness (QED) is 0.609. The van der Waals surface area contributed by atoms with Gasteiger partial charge in [0.25, 0.3) is 0 Å². The van der Waals surface area contributed by atoms with Crippen molar-refractivity contribution in [2.45, 2.75) is 57.8 Å². The average molecular weight is 258 g/mol. The van der Waals surface area contributed by atoms with Crippen LogP contribution in [-0.4, -0.2) is 0 Å². The van der Waals surface area contributed by atoms with Crippen molar-refractivity contribution in [2.75, 3.05) is 0 Å². The van der Waals surface area contributed by atoms with Crippen LogP contribution in [0.4, 0.5) is 4.39 Å². The van der Waals surface area contributed by atoms with Crippen LogP contribution in [0, 0.1) is 23.1 Å². The summed E-state index contributed by atoms with van der Waals surface area (Å²) < 4.78 is 13.6. The van der Waals surface area contributed by atoms with E-state index in [9.17, 15) is 4.39 Å². The highest BCUT2D eigenvalue weighted by atomic mass is 19.1. The number of hydrogen-bond donors (Lipinski definition) is 0. The Hall–Kier alpha value is -0.850. The summed E-state index contributed by atoms with van der Waals surface area (Å²) in [5.41, 5.74) is 3.38. The van der Waals surface area contributed by atoms with Gasteiger partial charge in [0.15, 0.2) is 0 Å². The first-order chi connectivity index (χ1) is 9.17. The molecule has 0 aromatic heterocycles. The van der Waals surface area contributed by atoms with Crippen LogP contribution in [0.5, 0.6) is 0 Å². The molecule has 0 radical (unpaired) electrons. The third-order valence-electron chi connectivity index (χ3n) is 6.47. The minimum absolute atomic E-state index is 0.0424. The summed E-state index contributed by atoms with van der Waals surface area (Å²) in [6.45, 7) is 2.52. The fourth-order valence-electron chi connectivity index (χ4n) is 5.53. The summed E-state index contributed by atoms with van der Waals surface area (Å²) in [5, 5.41) is 0.